The van der Waals surface area contributed by atoms with E-state index >= 15 is 0 Å². The van der Waals surface area contributed by atoms with E-state index in [1.54, 1.807) is 12.1 Å². The van der Waals surface area contributed by atoms with Crippen molar-refractivity contribution in [1.29, 1.82) is 0 Å². The van der Waals surface area contributed by atoms with Gasteiger partial charge in [0.15, 0.2) is 12.3 Å². The lowest BCUT2D eigenvalue weighted by Crippen LogP contribution is -2.44. The Morgan fingerprint density at radius 3 is 2.68 bits per heavy atom. The van der Waals surface area contributed by atoms with Crippen LogP contribution in [0.2, 0.25) is 0 Å². The van der Waals surface area contributed by atoms with Gasteiger partial charge in [-0.1, -0.05) is 25.5 Å². The number of nitrogen functional groups attached to an aromatic ring is 1. The third-order valence-electron chi connectivity index (χ3n) is 5.33. The third-order valence-corrected chi connectivity index (χ3v) is 5.33. The number of benzene rings is 1. The molecule has 1 fully saturated rings. The first-order chi connectivity index (χ1) is 14.9. The number of ether oxygens (including phenoxy) is 1. The van der Waals surface area contributed by atoms with Gasteiger partial charge in [0.1, 0.15) is 18.0 Å². The zero-order valence-electron chi connectivity index (χ0n) is 16.7. The second-order valence-electron chi connectivity index (χ2n) is 7.34. The van der Waals surface area contributed by atoms with Crippen LogP contribution in [0.5, 0.6) is 0 Å². The number of aromatic nitrogens is 2. The normalized spacial score (nSPS) is 25.3. The Balaban J connectivity index is 1.68. The lowest BCUT2D eigenvalue weighted by atomic mass is 9.99. The largest absolute Gasteiger partial charge is 0.394 e. The van der Waals surface area contributed by atoms with Gasteiger partial charge in [-0.05, 0) is 24.1 Å². The smallest absolute Gasteiger partial charge is 0.351 e. The topological polar surface area (TPSA) is 157 Å². The van der Waals surface area contributed by atoms with Crippen LogP contribution in [0.1, 0.15) is 45.9 Å². The number of fused-ring (bicyclic) bond motifs is 1. The zero-order chi connectivity index (χ0) is 22.3. The molecule has 2 aliphatic heterocycles. The van der Waals surface area contributed by atoms with E-state index in [4.69, 9.17) is 15.3 Å². The number of hydrogen-bond donors (Lipinski definition) is 3. The lowest BCUT2D eigenvalue weighted by molar-refractivity contribution is -0.178. The number of nitrogens with zero attached hydrogens (tertiary/aromatic N) is 3. The average Bonchev–Trinajstić information content (AvgIpc) is 3.18. The molecule has 0 bridgehead atoms. The molecule has 2 amide bonds. The van der Waals surface area contributed by atoms with Gasteiger partial charge in [-0.2, -0.15) is 4.98 Å². The van der Waals surface area contributed by atoms with Crippen molar-refractivity contribution < 1.29 is 29.4 Å². The molecule has 164 valence electrons. The predicted molar refractivity (Wildman–Crippen MR) is 106 cm³/mol. The number of imide groups is 1. The maximum absolute atomic E-state index is 13.0. The molecule has 2 aliphatic rings. The molecule has 1 saturated heterocycles. The number of carbonyl (C=O) groups excluding carboxylic acids is 2. The Morgan fingerprint density at radius 2 is 2.00 bits per heavy atom. The van der Waals surface area contributed by atoms with Crippen molar-refractivity contribution in [2.75, 3.05) is 12.3 Å². The number of hydroxylamine groups is 2. The van der Waals surface area contributed by atoms with E-state index < -0.39 is 48.7 Å². The minimum Gasteiger partial charge on any atom is -0.394 e. The molecule has 1 aromatic carbocycles. The predicted octanol–water partition coefficient (Wildman–Crippen LogP) is -0.375. The summed E-state index contributed by atoms with van der Waals surface area (Å²) in [5, 5.41) is 20.7. The number of aliphatic hydroxyl groups is 2. The Kier molecular flexibility index (Phi) is 5.58. The summed E-state index contributed by atoms with van der Waals surface area (Å²) < 4.78 is 6.58. The van der Waals surface area contributed by atoms with Crippen LogP contribution in [0.15, 0.2) is 35.3 Å². The van der Waals surface area contributed by atoms with E-state index in [2.05, 4.69) is 4.98 Å². The van der Waals surface area contributed by atoms with Crippen LogP contribution >= 0.6 is 0 Å². The van der Waals surface area contributed by atoms with Crippen molar-refractivity contribution in [2.45, 2.75) is 44.3 Å². The molecular formula is C20H22N4O7. The molecule has 2 aromatic rings. The molecule has 11 nitrogen and oxygen atoms in total. The van der Waals surface area contributed by atoms with Crippen LogP contribution in [-0.4, -0.2) is 61.6 Å². The molecule has 31 heavy (non-hydrogen) atoms. The van der Waals surface area contributed by atoms with E-state index in [1.165, 1.54) is 18.3 Å². The fourth-order valence-electron chi connectivity index (χ4n) is 3.86. The van der Waals surface area contributed by atoms with Crippen LogP contribution < -0.4 is 11.4 Å². The summed E-state index contributed by atoms with van der Waals surface area (Å²) in [4.78, 5) is 47.4. The molecule has 0 aliphatic carbocycles. The highest BCUT2D eigenvalue weighted by atomic mass is 16.7. The number of amides is 2. The average molecular weight is 430 g/mol. The van der Waals surface area contributed by atoms with Gasteiger partial charge in [-0.3, -0.25) is 19.0 Å². The Bertz CT molecular complexity index is 1090. The Labute approximate surface area is 176 Å². The number of carbonyl (C=O) groups is 2. The van der Waals surface area contributed by atoms with E-state index in [0.717, 1.165) is 16.6 Å². The zero-order valence-corrected chi connectivity index (χ0v) is 16.7. The van der Waals surface area contributed by atoms with Crippen LogP contribution in [0.3, 0.4) is 0 Å². The van der Waals surface area contributed by atoms with E-state index in [9.17, 15) is 24.6 Å². The van der Waals surface area contributed by atoms with Gasteiger partial charge < -0.3 is 20.7 Å². The molecule has 4 N–H and O–H groups in total. The van der Waals surface area contributed by atoms with Gasteiger partial charge in [0.25, 0.3) is 11.8 Å². The first kappa shape index (κ1) is 21.1. The molecule has 0 saturated carbocycles. The van der Waals surface area contributed by atoms with E-state index in [-0.39, 0.29) is 16.9 Å². The highest BCUT2D eigenvalue weighted by Crippen LogP contribution is 2.34. The van der Waals surface area contributed by atoms with E-state index in [0.29, 0.717) is 11.5 Å². The van der Waals surface area contributed by atoms with E-state index in [1.807, 2.05) is 6.92 Å². The van der Waals surface area contributed by atoms with Crippen LogP contribution in [0.25, 0.3) is 0 Å². The highest BCUT2D eigenvalue weighted by molar-refractivity contribution is 6.21. The van der Waals surface area contributed by atoms with Gasteiger partial charge >= 0.3 is 5.69 Å². The molecule has 0 radical (unpaired) electrons. The standard InChI is InChI=1S/C20H22N4O7/c1-2-4-10-5-3-6-11-14(10)18(28)24(17(11)27)31-16-15(26)12(9-25)30-19(16)23-8-7-13(21)22-20(23)29/h3,5-8,12,15-16,19,25-26H,2,4,9H2,1H3,(H2,21,22,29)/t12-,15-,16-,19-/m1/s1. The molecule has 4 rings (SSSR count). The summed E-state index contributed by atoms with van der Waals surface area (Å²) in [6.07, 6.45) is -2.47. The number of rotatable bonds is 6. The van der Waals surface area contributed by atoms with Crippen LogP contribution in [-0.2, 0) is 16.0 Å². The lowest BCUT2D eigenvalue weighted by Gasteiger charge is -2.25. The van der Waals surface area contributed by atoms with Crippen molar-refractivity contribution in [3.8, 4) is 0 Å². The second-order valence-corrected chi connectivity index (χ2v) is 7.34. The summed E-state index contributed by atoms with van der Waals surface area (Å²) in [6, 6.07) is 6.34. The van der Waals surface area contributed by atoms with Crippen molar-refractivity contribution in [2.24, 2.45) is 0 Å². The first-order valence-corrected chi connectivity index (χ1v) is 9.83. The maximum atomic E-state index is 13.0. The molecule has 3 heterocycles. The quantitative estimate of drug-likeness (QED) is 0.520. The SMILES string of the molecule is CCCc1cccc2c1C(=O)N(O[C@@H]1[C@H](O)[C@@H](CO)O[C@H]1n1ccc(N)nc1=O)C2=O. The fourth-order valence-corrected chi connectivity index (χ4v) is 3.86. The highest BCUT2D eigenvalue weighted by Gasteiger charge is 2.50. The fraction of sp³-hybridized carbons (Fsp3) is 0.400. The number of nitrogens with two attached hydrogens (primary N) is 1. The minimum atomic E-state index is -1.43. The van der Waals surface area contributed by atoms with Crippen LogP contribution in [0, 0.1) is 0 Å². The van der Waals surface area contributed by atoms with Crippen molar-refractivity contribution in [3.63, 3.8) is 0 Å². The molecule has 1 aromatic heterocycles. The summed E-state index contributed by atoms with van der Waals surface area (Å²) in [5.74, 6) is -1.36. The number of aryl methyl sites for hydroxylation is 1. The molecule has 4 atom stereocenters. The molecule has 0 spiro atoms. The van der Waals surface area contributed by atoms with Gasteiger partial charge in [0, 0.05) is 6.20 Å². The van der Waals surface area contributed by atoms with Gasteiger partial charge in [-0.25, -0.2) is 4.79 Å². The van der Waals surface area contributed by atoms with Crippen molar-refractivity contribution >= 4 is 17.6 Å². The summed E-state index contributed by atoms with van der Waals surface area (Å²) in [7, 11) is 0. The number of aliphatic hydroxyl groups excluding tert-OH is 2. The van der Waals surface area contributed by atoms with Gasteiger partial charge in [0.05, 0.1) is 17.7 Å². The maximum Gasteiger partial charge on any atom is 0.351 e. The first-order valence-electron chi connectivity index (χ1n) is 9.83. The van der Waals surface area contributed by atoms with Gasteiger partial charge in [0.2, 0.25) is 0 Å². The summed E-state index contributed by atoms with van der Waals surface area (Å²) >= 11 is 0. The molecule has 11 heteroatoms. The second kappa shape index (κ2) is 8.19. The van der Waals surface area contributed by atoms with Crippen LogP contribution in [0.4, 0.5) is 5.82 Å². The van der Waals surface area contributed by atoms with Crippen molar-refractivity contribution in [1.82, 2.24) is 14.6 Å². The monoisotopic (exact) mass is 430 g/mol. The summed E-state index contributed by atoms with van der Waals surface area (Å²) in [5.41, 5.74) is 5.91. The molecular weight excluding hydrogens is 408 g/mol. The molecule has 0 unspecified atom stereocenters. The Morgan fingerprint density at radius 1 is 1.23 bits per heavy atom. The van der Waals surface area contributed by atoms with Crippen molar-refractivity contribution in [3.05, 3.63) is 57.6 Å². The summed E-state index contributed by atoms with van der Waals surface area (Å²) in [6.45, 7) is 1.39. The minimum absolute atomic E-state index is 0.0141. The Hall–Kier alpha value is -3.12. The van der Waals surface area contributed by atoms with Gasteiger partial charge in [-0.15, -0.1) is 5.06 Å². The number of anilines is 1. The number of hydrogen-bond acceptors (Lipinski definition) is 9. The third kappa shape index (κ3) is 3.51.